The molecule has 190 valence electrons. The molecule has 37 heavy (non-hydrogen) atoms. The fourth-order valence-corrected chi connectivity index (χ4v) is 3.80. The number of carbonyl (C=O) groups is 2. The van der Waals surface area contributed by atoms with Gasteiger partial charge in [-0.05, 0) is 67.4 Å². The zero-order valence-corrected chi connectivity index (χ0v) is 21.1. The third kappa shape index (κ3) is 8.38. The summed E-state index contributed by atoms with van der Waals surface area (Å²) in [7, 11) is 0. The summed E-state index contributed by atoms with van der Waals surface area (Å²) in [5.41, 5.74) is 2.69. The molecule has 0 aliphatic carbocycles. The van der Waals surface area contributed by atoms with E-state index in [2.05, 4.69) is 21.2 Å². The number of carbonyl (C=O) groups excluding carboxylic acids is 2. The topological polar surface area (TPSA) is 141 Å². The van der Waals surface area contributed by atoms with Crippen LogP contribution in [0.5, 0.6) is 11.5 Å². The Labute approximate surface area is 222 Å². The predicted octanol–water partition coefficient (Wildman–Crippen LogP) is 5.61. The highest BCUT2D eigenvalue weighted by atomic mass is 79.9. The highest BCUT2D eigenvalue weighted by molar-refractivity contribution is 9.10. The second kappa shape index (κ2) is 13.7. The van der Waals surface area contributed by atoms with E-state index >= 15 is 0 Å². The molecule has 0 saturated heterocycles. The zero-order valence-electron chi connectivity index (χ0n) is 19.5. The van der Waals surface area contributed by atoms with E-state index in [-0.39, 0.29) is 12.2 Å². The third-order valence-electron chi connectivity index (χ3n) is 5.16. The molecule has 0 fully saturated rings. The number of nitrogens with one attached hydrogen (secondary N) is 2. The Bertz CT molecular complexity index is 1280. The Morgan fingerprint density at radius 2 is 1.81 bits per heavy atom. The van der Waals surface area contributed by atoms with Crippen molar-refractivity contribution in [1.29, 1.82) is 5.26 Å². The Balaban J connectivity index is 1.91. The van der Waals surface area contributed by atoms with Crippen molar-refractivity contribution in [2.45, 2.75) is 25.0 Å². The third-order valence-corrected chi connectivity index (χ3v) is 5.65. The first-order chi connectivity index (χ1) is 17.9. The van der Waals surface area contributed by atoms with Crippen molar-refractivity contribution in [2.24, 2.45) is 0 Å². The summed E-state index contributed by atoms with van der Waals surface area (Å²) in [6.07, 6.45) is 0.686. The summed E-state index contributed by atoms with van der Waals surface area (Å²) in [6, 6.07) is 21.9. The van der Waals surface area contributed by atoms with Crippen LogP contribution in [-0.2, 0) is 9.53 Å². The summed E-state index contributed by atoms with van der Waals surface area (Å²) >= 11 is 3.39. The number of hydrogen-bond donors (Lipinski definition) is 4. The molecule has 2 atom stereocenters. The fourth-order valence-electron chi connectivity index (χ4n) is 3.42. The SMILES string of the molecule is N#Cc1ccc(NC(=O)O[C@H](c2cc(Br)ccc2O)[C@@H](CC/C=C/C(=O)NO)Oc2ccccc2)cc1. The van der Waals surface area contributed by atoms with E-state index in [0.717, 1.165) is 0 Å². The largest absolute Gasteiger partial charge is 0.508 e. The number of benzene rings is 3. The van der Waals surface area contributed by atoms with Gasteiger partial charge in [0, 0.05) is 21.8 Å². The van der Waals surface area contributed by atoms with Gasteiger partial charge in [0.2, 0.25) is 0 Å². The van der Waals surface area contributed by atoms with E-state index in [4.69, 9.17) is 19.9 Å². The van der Waals surface area contributed by atoms with Gasteiger partial charge in [-0.2, -0.15) is 5.26 Å². The van der Waals surface area contributed by atoms with E-state index < -0.39 is 24.2 Å². The minimum absolute atomic E-state index is 0.101. The van der Waals surface area contributed by atoms with Gasteiger partial charge in [-0.25, -0.2) is 10.3 Å². The minimum Gasteiger partial charge on any atom is -0.508 e. The van der Waals surface area contributed by atoms with Gasteiger partial charge in [-0.3, -0.25) is 15.3 Å². The van der Waals surface area contributed by atoms with Crippen molar-refractivity contribution >= 4 is 33.6 Å². The molecular formula is C27H24BrN3O6. The lowest BCUT2D eigenvalue weighted by Gasteiger charge is -2.28. The normalized spacial score (nSPS) is 12.2. The van der Waals surface area contributed by atoms with Crippen LogP contribution in [0.1, 0.15) is 30.1 Å². The van der Waals surface area contributed by atoms with Gasteiger partial charge in [0.05, 0.1) is 11.6 Å². The fraction of sp³-hybridized carbons (Fsp3) is 0.148. The number of para-hydroxylation sites is 1. The van der Waals surface area contributed by atoms with Gasteiger partial charge in [-0.15, -0.1) is 0 Å². The molecule has 3 aromatic rings. The van der Waals surface area contributed by atoms with Crippen LogP contribution in [0.25, 0.3) is 0 Å². The monoisotopic (exact) mass is 565 g/mol. The van der Waals surface area contributed by atoms with E-state index in [0.29, 0.717) is 33.5 Å². The van der Waals surface area contributed by atoms with Crippen LogP contribution in [0, 0.1) is 11.3 Å². The van der Waals surface area contributed by atoms with Crippen molar-refractivity contribution in [1.82, 2.24) is 5.48 Å². The van der Waals surface area contributed by atoms with Crippen LogP contribution in [0.4, 0.5) is 10.5 Å². The number of nitrogens with zero attached hydrogens (tertiary/aromatic N) is 1. The highest BCUT2D eigenvalue weighted by Crippen LogP contribution is 2.35. The predicted molar refractivity (Wildman–Crippen MR) is 139 cm³/mol. The number of nitriles is 1. The van der Waals surface area contributed by atoms with E-state index in [1.165, 1.54) is 17.6 Å². The molecule has 0 saturated carbocycles. The van der Waals surface area contributed by atoms with Crippen molar-refractivity contribution in [2.75, 3.05) is 5.32 Å². The molecule has 4 N–H and O–H groups in total. The lowest BCUT2D eigenvalue weighted by molar-refractivity contribution is -0.124. The number of allylic oxidation sites excluding steroid dienone is 1. The molecule has 3 aromatic carbocycles. The van der Waals surface area contributed by atoms with Crippen LogP contribution in [0.2, 0.25) is 0 Å². The number of phenolic OH excluding ortho intramolecular Hbond substituents is 1. The average molecular weight is 566 g/mol. The number of aromatic hydroxyl groups is 1. The van der Waals surface area contributed by atoms with E-state index in [1.807, 2.05) is 12.1 Å². The van der Waals surface area contributed by atoms with Gasteiger partial charge in [0.25, 0.3) is 5.91 Å². The lowest BCUT2D eigenvalue weighted by Crippen LogP contribution is -2.31. The van der Waals surface area contributed by atoms with Gasteiger partial charge >= 0.3 is 6.09 Å². The first-order valence-electron chi connectivity index (χ1n) is 11.2. The van der Waals surface area contributed by atoms with Crippen molar-refractivity contribution in [3.8, 4) is 17.6 Å². The van der Waals surface area contributed by atoms with Gasteiger partial charge in [-0.1, -0.05) is 40.2 Å². The average Bonchev–Trinajstić information content (AvgIpc) is 2.91. The number of hydroxylamine groups is 1. The van der Waals surface area contributed by atoms with Gasteiger partial charge in [0.1, 0.15) is 17.6 Å². The van der Waals surface area contributed by atoms with Crippen molar-refractivity contribution in [3.05, 3.63) is 101 Å². The molecule has 0 heterocycles. The smallest absolute Gasteiger partial charge is 0.412 e. The summed E-state index contributed by atoms with van der Waals surface area (Å²) in [5.74, 6) is -0.267. The number of anilines is 1. The number of halogens is 1. The minimum atomic E-state index is -1.06. The van der Waals surface area contributed by atoms with Crippen LogP contribution in [0.15, 0.2) is 89.4 Å². The number of hydrogen-bond acceptors (Lipinski definition) is 7. The Hall–Kier alpha value is -4.33. The second-order valence-electron chi connectivity index (χ2n) is 7.77. The van der Waals surface area contributed by atoms with Crippen LogP contribution in [0.3, 0.4) is 0 Å². The number of phenols is 1. The molecule has 0 aliphatic heterocycles. The van der Waals surface area contributed by atoms with E-state index in [9.17, 15) is 14.7 Å². The Morgan fingerprint density at radius 3 is 2.49 bits per heavy atom. The Kier molecular flexibility index (Phi) is 10.1. The second-order valence-corrected chi connectivity index (χ2v) is 8.68. The molecule has 0 unspecified atom stereocenters. The maximum absolute atomic E-state index is 12.9. The summed E-state index contributed by atoms with van der Waals surface area (Å²) in [6.45, 7) is 0. The zero-order chi connectivity index (χ0) is 26.6. The molecular weight excluding hydrogens is 542 g/mol. The number of rotatable bonds is 10. The van der Waals surface area contributed by atoms with Crippen molar-refractivity contribution in [3.63, 3.8) is 0 Å². The highest BCUT2D eigenvalue weighted by Gasteiger charge is 2.31. The number of amides is 2. The molecule has 3 rings (SSSR count). The molecule has 0 aliphatic rings. The first-order valence-corrected chi connectivity index (χ1v) is 12.0. The van der Waals surface area contributed by atoms with Crippen LogP contribution < -0.4 is 15.5 Å². The summed E-state index contributed by atoms with van der Waals surface area (Å²) in [4.78, 5) is 24.3. The summed E-state index contributed by atoms with van der Waals surface area (Å²) in [5, 5.41) is 30.9. The van der Waals surface area contributed by atoms with Crippen LogP contribution in [-0.4, -0.2) is 28.4 Å². The van der Waals surface area contributed by atoms with Gasteiger partial charge in [0.15, 0.2) is 6.10 Å². The number of ether oxygens (including phenoxy) is 2. The maximum Gasteiger partial charge on any atom is 0.412 e. The molecule has 0 aromatic heterocycles. The maximum atomic E-state index is 12.9. The standard InChI is InChI=1S/C27H24BrN3O6/c28-19-12-15-23(32)22(16-19)26(37-27(34)30-20-13-10-18(17-29)11-14-20)24(8-4-5-9-25(33)31-35)36-21-6-2-1-3-7-21/h1-3,5-7,9-16,24,26,32,35H,4,8H2,(H,30,34)(H,31,33)/b9-5+/t24-,26-/m1/s1. The summed E-state index contributed by atoms with van der Waals surface area (Å²) < 4.78 is 12.6. The first kappa shape index (κ1) is 27.3. The molecule has 0 radical (unpaired) electrons. The van der Waals surface area contributed by atoms with Crippen LogP contribution >= 0.6 is 15.9 Å². The molecule has 10 heteroatoms. The molecule has 0 bridgehead atoms. The lowest BCUT2D eigenvalue weighted by atomic mass is 9.99. The molecule has 9 nitrogen and oxygen atoms in total. The Morgan fingerprint density at radius 1 is 1.08 bits per heavy atom. The molecule has 0 spiro atoms. The van der Waals surface area contributed by atoms with Gasteiger partial charge < -0.3 is 14.6 Å². The molecule has 2 amide bonds. The van der Waals surface area contributed by atoms with E-state index in [1.54, 1.807) is 66.7 Å². The quantitative estimate of drug-likeness (QED) is 0.142. The van der Waals surface area contributed by atoms with Crippen molar-refractivity contribution < 1.29 is 29.4 Å².